The number of alkyl halides is 4. The lowest BCUT2D eigenvalue weighted by atomic mass is 9.81. The van der Waals surface area contributed by atoms with Gasteiger partial charge >= 0.3 is 6.18 Å². The minimum absolute atomic E-state index is 0.0288. The van der Waals surface area contributed by atoms with Gasteiger partial charge in [0.05, 0.1) is 6.42 Å². The van der Waals surface area contributed by atoms with Crippen molar-refractivity contribution < 1.29 is 31.7 Å². The van der Waals surface area contributed by atoms with Crippen LogP contribution < -0.4 is 10.1 Å². The second kappa shape index (κ2) is 11.1. The Balaban J connectivity index is 1.20. The average molecular weight is 514 g/mol. The summed E-state index contributed by atoms with van der Waals surface area (Å²) < 4.78 is 62.1. The highest BCUT2D eigenvalue weighted by Crippen LogP contribution is 2.35. The summed E-state index contributed by atoms with van der Waals surface area (Å²) >= 11 is 0. The van der Waals surface area contributed by atoms with Gasteiger partial charge < -0.3 is 15.0 Å². The molecule has 1 N–H and O–H groups in total. The maximum Gasteiger partial charge on any atom is 0.422 e. The monoisotopic (exact) mass is 513 g/mol. The molecule has 36 heavy (non-hydrogen) atoms. The molecule has 2 aromatic heterocycles. The Hall–Kier alpha value is -2.76. The van der Waals surface area contributed by atoms with Crippen LogP contribution in [0.4, 0.5) is 17.6 Å². The number of ether oxygens (including phenoxy) is 1. The van der Waals surface area contributed by atoms with Gasteiger partial charge in [0, 0.05) is 43.9 Å². The highest BCUT2D eigenvalue weighted by atomic mass is 19.4. The van der Waals surface area contributed by atoms with Crippen LogP contribution in [0.5, 0.6) is 5.88 Å². The number of fused-ring (bicyclic) bond motifs is 1. The van der Waals surface area contributed by atoms with Crippen molar-refractivity contribution >= 4 is 5.91 Å². The number of pyridine rings is 1. The predicted molar refractivity (Wildman–Crippen MR) is 121 cm³/mol. The first kappa shape index (κ1) is 26.3. The summed E-state index contributed by atoms with van der Waals surface area (Å²) in [4.78, 5) is 18.7. The fourth-order valence-electron chi connectivity index (χ4n) is 4.80. The Kier molecular flexibility index (Phi) is 8.11. The normalized spacial score (nSPS) is 23.1. The van der Waals surface area contributed by atoms with Gasteiger partial charge in [0.25, 0.3) is 0 Å². The van der Waals surface area contributed by atoms with Crippen molar-refractivity contribution in [3.63, 3.8) is 0 Å². The maximum atomic E-state index is 15.5. The molecule has 1 amide bonds. The number of aryl methyl sites for hydroxylation is 1. The van der Waals surface area contributed by atoms with Crippen LogP contribution in [0, 0.1) is 6.92 Å². The summed E-state index contributed by atoms with van der Waals surface area (Å²) in [6.07, 6.45) is -0.705. The number of carbonyl (C=O) groups is 1. The van der Waals surface area contributed by atoms with E-state index in [0.717, 1.165) is 17.8 Å². The van der Waals surface area contributed by atoms with Crippen molar-refractivity contribution in [2.45, 2.75) is 76.2 Å². The molecule has 0 atom stereocenters. The van der Waals surface area contributed by atoms with Gasteiger partial charge in [-0.25, -0.2) is 14.0 Å². The maximum absolute atomic E-state index is 15.5. The summed E-state index contributed by atoms with van der Waals surface area (Å²) in [5, 5.41) is 10.3. The predicted octanol–water partition coefficient (Wildman–Crippen LogP) is 3.51. The molecule has 1 fully saturated rings. The van der Waals surface area contributed by atoms with Gasteiger partial charge in [-0.3, -0.25) is 4.79 Å². The topological polar surface area (TPSA) is 93.4 Å². The third-order valence-corrected chi connectivity index (χ3v) is 6.99. The smallest absolute Gasteiger partial charge is 0.422 e. The van der Waals surface area contributed by atoms with Gasteiger partial charge in [0.2, 0.25) is 11.8 Å². The molecule has 0 saturated heterocycles. The van der Waals surface area contributed by atoms with Crippen molar-refractivity contribution in [3.8, 4) is 5.88 Å². The largest absolute Gasteiger partial charge is 0.468 e. The highest BCUT2D eigenvalue weighted by Gasteiger charge is 2.36. The molecule has 0 bridgehead atoms. The number of nitrogens with zero attached hydrogens (tertiary/aromatic N) is 4. The molecule has 198 valence electrons. The fourth-order valence-corrected chi connectivity index (χ4v) is 4.80. The third kappa shape index (κ3) is 7.37. The van der Waals surface area contributed by atoms with Gasteiger partial charge in [0.1, 0.15) is 17.1 Å². The first-order valence-electron chi connectivity index (χ1n) is 12.3. The molecule has 2 aliphatic rings. The van der Waals surface area contributed by atoms with Crippen molar-refractivity contribution in [2.75, 3.05) is 26.2 Å². The zero-order chi connectivity index (χ0) is 25.8. The number of aromatic nitrogens is 3. The van der Waals surface area contributed by atoms with E-state index in [2.05, 4.69) is 30.1 Å². The molecule has 1 saturated carbocycles. The van der Waals surface area contributed by atoms with Crippen LogP contribution in [0.25, 0.3) is 0 Å². The molecule has 0 spiro atoms. The standard InChI is InChI=1S/C24H31F4N5O3/c1-16-20(32-36-31-16)14-21(34)29-18-4-8-23(25,9-5-18)10-13-33-11-6-17-2-3-22(30-19(17)7-12-33)35-15-24(26,27)28/h2-3,18H,4-15H2,1H3,(H,29,34). The van der Waals surface area contributed by atoms with Crippen molar-refractivity contribution in [1.29, 1.82) is 0 Å². The molecule has 4 rings (SSSR count). The molecular weight excluding hydrogens is 482 g/mol. The van der Waals surface area contributed by atoms with E-state index in [0.29, 0.717) is 69.4 Å². The second-order valence-electron chi connectivity index (χ2n) is 9.72. The van der Waals surface area contributed by atoms with Crippen LogP contribution in [0.3, 0.4) is 0 Å². The minimum atomic E-state index is -4.41. The lowest BCUT2D eigenvalue weighted by molar-refractivity contribution is -0.154. The highest BCUT2D eigenvalue weighted by molar-refractivity contribution is 5.78. The molecule has 3 heterocycles. The van der Waals surface area contributed by atoms with Crippen LogP contribution in [-0.4, -0.2) is 70.2 Å². The minimum Gasteiger partial charge on any atom is -0.468 e. The van der Waals surface area contributed by atoms with Gasteiger partial charge in [-0.15, -0.1) is 0 Å². The Labute approximate surface area is 206 Å². The zero-order valence-electron chi connectivity index (χ0n) is 20.2. The third-order valence-electron chi connectivity index (χ3n) is 6.99. The Bertz CT molecular complexity index is 1040. The van der Waals surface area contributed by atoms with Gasteiger partial charge in [-0.2, -0.15) is 13.2 Å². The van der Waals surface area contributed by atoms with Crippen LogP contribution >= 0.6 is 0 Å². The number of nitrogens with one attached hydrogen (secondary N) is 1. The van der Waals surface area contributed by atoms with E-state index in [9.17, 15) is 18.0 Å². The van der Waals surface area contributed by atoms with E-state index in [-0.39, 0.29) is 24.2 Å². The van der Waals surface area contributed by atoms with Crippen LogP contribution in [0.2, 0.25) is 0 Å². The van der Waals surface area contributed by atoms with Crippen LogP contribution in [-0.2, 0) is 24.1 Å². The van der Waals surface area contributed by atoms with Crippen molar-refractivity contribution in [2.24, 2.45) is 0 Å². The summed E-state index contributed by atoms with van der Waals surface area (Å²) in [6.45, 7) is 2.35. The first-order valence-corrected chi connectivity index (χ1v) is 12.3. The van der Waals surface area contributed by atoms with E-state index in [1.807, 2.05) is 0 Å². The number of rotatable bonds is 8. The molecule has 12 heteroatoms. The number of hydrogen-bond donors (Lipinski definition) is 1. The van der Waals surface area contributed by atoms with Gasteiger partial charge in [0.15, 0.2) is 6.61 Å². The Morgan fingerprint density at radius 2 is 1.97 bits per heavy atom. The van der Waals surface area contributed by atoms with E-state index in [1.165, 1.54) is 6.07 Å². The summed E-state index contributed by atoms with van der Waals surface area (Å²) in [5.74, 6) is -0.200. The first-order chi connectivity index (χ1) is 17.1. The zero-order valence-corrected chi connectivity index (χ0v) is 20.2. The molecule has 0 radical (unpaired) electrons. The molecule has 2 aromatic rings. The lowest BCUT2D eigenvalue weighted by Gasteiger charge is -2.35. The number of halogens is 4. The fraction of sp³-hybridized carbons (Fsp3) is 0.667. The lowest BCUT2D eigenvalue weighted by Crippen LogP contribution is -2.43. The van der Waals surface area contributed by atoms with Gasteiger partial charge in [-0.1, -0.05) is 16.4 Å². The SMILES string of the molecule is Cc1nonc1CC(=O)NC1CCC(F)(CCN2CCc3ccc(OCC(F)(F)F)nc3CC2)CC1. The van der Waals surface area contributed by atoms with E-state index < -0.39 is 18.5 Å². The summed E-state index contributed by atoms with van der Waals surface area (Å²) in [7, 11) is 0. The number of hydrogen-bond acceptors (Lipinski definition) is 7. The molecule has 8 nitrogen and oxygen atoms in total. The summed E-state index contributed by atoms with van der Waals surface area (Å²) in [6, 6.07) is 3.18. The number of amides is 1. The molecule has 0 aromatic carbocycles. The molecule has 0 unspecified atom stereocenters. The molecule has 1 aliphatic carbocycles. The molecular formula is C24H31F4N5O3. The van der Waals surface area contributed by atoms with E-state index >= 15 is 4.39 Å². The van der Waals surface area contributed by atoms with Crippen LogP contribution in [0.15, 0.2) is 16.8 Å². The van der Waals surface area contributed by atoms with E-state index in [1.54, 1.807) is 13.0 Å². The van der Waals surface area contributed by atoms with Crippen molar-refractivity contribution in [3.05, 3.63) is 34.8 Å². The summed E-state index contributed by atoms with van der Waals surface area (Å²) in [5.41, 5.74) is 1.53. The average Bonchev–Trinajstić information content (AvgIpc) is 3.11. The second-order valence-corrected chi connectivity index (χ2v) is 9.72. The quantitative estimate of drug-likeness (QED) is 0.540. The molecule has 1 aliphatic heterocycles. The van der Waals surface area contributed by atoms with E-state index in [4.69, 9.17) is 4.74 Å². The number of carbonyl (C=O) groups excluding carboxylic acids is 1. The van der Waals surface area contributed by atoms with Gasteiger partial charge in [-0.05, 0) is 51.0 Å². The Morgan fingerprint density at radius 3 is 2.67 bits per heavy atom. The Morgan fingerprint density at radius 1 is 1.22 bits per heavy atom. The van der Waals surface area contributed by atoms with Crippen LogP contribution in [0.1, 0.15) is 54.7 Å². The van der Waals surface area contributed by atoms with Crippen molar-refractivity contribution in [1.82, 2.24) is 25.5 Å².